The van der Waals surface area contributed by atoms with E-state index < -0.39 is 0 Å². The average Bonchev–Trinajstić information content (AvgIpc) is 2.50. The maximum atomic E-state index is 12.3. The molecule has 1 atom stereocenters. The van der Waals surface area contributed by atoms with Gasteiger partial charge in [-0.25, -0.2) is 0 Å². The molecule has 0 fully saturated rings. The molecule has 0 saturated heterocycles. The lowest BCUT2D eigenvalue weighted by Crippen LogP contribution is -2.20. The van der Waals surface area contributed by atoms with Crippen molar-refractivity contribution in [1.29, 1.82) is 0 Å². The van der Waals surface area contributed by atoms with Crippen LogP contribution in [0.3, 0.4) is 0 Å². The minimum absolute atomic E-state index is 0.0544. The highest BCUT2D eigenvalue weighted by molar-refractivity contribution is 5.72. The second kappa shape index (κ2) is 15.4. The quantitative estimate of drug-likeness (QED) is 0.254. The zero-order chi connectivity index (χ0) is 16.6. The van der Waals surface area contributed by atoms with Crippen LogP contribution in [-0.4, -0.2) is 12.6 Å². The Hall–Kier alpha value is -0.530. The first-order chi connectivity index (χ1) is 10.6. The van der Waals surface area contributed by atoms with Crippen molar-refractivity contribution in [2.24, 2.45) is 11.8 Å². The number of hydrogen-bond acceptors (Lipinski definition) is 2. The molecule has 0 radical (unpaired) electrons. The smallest absolute Gasteiger partial charge is 0.308 e. The van der Waals surface area contributed by atoms with E-state index in [0.29, 0.717) is 12.5 Å². The van der Waals surface area contributed by atoms with E-state index in [1.807, 2.05) is 0 Å². The van der Waals surface area contributed by atoms with E-state index >= 15 is 0 Å². The standard InChI is InChI=1S/C20H40O2/c1-5-7-9-11-12-14-16-19(15-13-10-8-6-2)20(21)22-17-18(3)4/h18-19H,5-17H2,1-4H3. The number of carbonyl (C=O) groups is 1. The number of esters is 1. The molecule has 1 unspecified atom stereocenters. The van der Waals surface area contributed by atoms with Crippen LogP contribution in [0.25, 0.3) is 0 Å². The molecule has 22 heavy (non-hydrogen) atoms. The summed E-state index contributed by atoms with van der Waals surface area (Å²) in [6.07, 6.45) is 14.7. The van der Waals surface area contributed by atoms with Crippen LogP contribution in [0, 0.1) is 11.8 Å². The highest BCUT2D eigenvalue weighted by Gasteiger charge is 2.19. The van der Waals surface area contributed by atoms with Crippen molar-refractivity contribution in [1.82, 2.24) is 0 Å². The monoisotopic (exact) mass is 312 g/mol. The Morgan fingerprint density at radius 2 is 1.23 bits per heavy atom. The van der Waals surface area contributed by atoms with Crippen LogP contribution in [0.2, 0.25) is 0 Å². The van der Waals surface area contributed by atoms with Crippen molar-refractivity contribution in [2.45, 2.75) is 105 Å². The second-order valence-electron chi connectivity index (χ2n) is 7.13. The summed E-state index contributed by atoms with van der Waals surface area (Å²) in [5.74, 6) is 0.624. The first kappa shape index (κ1) is 21.5. The van der Waals surface area contributed by atoms with Gasteiger partial charge in [-0.05, 0) is 18.8 Å². The number of ether oxygens (including phenoxy) is 1. The van der Waals surface area contributed by atoms with Gasteiger partial charge in [-0.3, -0.25) is 4.79 Å². The van der Waals surface area contributed by atoms with Crippen LogP contribution in [-0.2, 0) is 9.53 Å². The Balaban J connectivity index is 4.01. The zero-order valence-electron chi connectivity index (χ0n) is 15.7. The Kier molecular flexibility index (Phi) is 15.0. The average molecular weight is 313 g/mol. The van der Waals surface area contributed by atoms with Gasteiger partial charge in [0.2, 0.25) is 0 Å². The third-order valence-corrected chi connectivity index (χ3v) is 4.20. The predicted octanol–water partition coefficient (Wildman–Crippen LogP) is 6.52. The van der Waals surface area contributed by atoms with Gasteiger partial charge in [0.15, 0.2) is 0 Å². The summed E-state index contributed by atoms with van der Waals surface area (Å²) in [6.45, 7) is 9.23. The summed E-state index contributed by atoms with van der Waals surface area (Å²) in [4.78, 5) is 12.3. The lowest BCUT2D eigenvalue weighted by molar-refractivity contribution is -0.150. The Bertz CT molecular complexity index is 248. The van der Waals surface area contributed by atoms with Gasteiger partial charge in [0, 0.05) is 0 Å². The van der Waals surface area contributed by atoms with Crippen LogP contribution in [0.1, 0.15) is 105 Å². The molecule has 132 valence electrons. The van der Waals surface area contributed by atoms with Crippen LogP contribution in [0.15, 0.2) is 0 Å². The van der Waals surface area contributed by atoms with Gasteiger partial charge < -0.3 is 4.74 Å². The zero-order valence-corrected chi connectivity index (χ0v) is 15.7. The first-order valence-electron chi connectivity index (χ1n) is 9.78. The molecule has 0 aromatic rings. The third-order valence-electron chi connectivity index (χ3n) is 4.20. The van der Waals surface area contributed by atoms with E-state index in [2.05, 4.69) is 27.7 Å². The molecular weight excluding hydrogens is 272 g/mol. The van der Waals surface area contributed by atoms with Crippen molar-refractivity contribution in [2.75, 3.05) is 6.61 Å². The van der Waals surface area contributed by atoms with Crippen molar-refractivity contribution in [3.63, 3.8) is 0 Å². The van der Waals surface area contributed by atoms with Gasteiger partial charge in [0.05, 0.1) is 12.5 Å². The largest absolute Gasteiger partial charge is 0.465 e. The summed E-state index contributed by atoms with van der Waals surface area (Å²) in [6, 6.07) is 0. The molecule has 0 N–H and O–H groups in total. The molecule has 0 bridgehead atoms. The molecule has 0 aromatic heterocycles. The van der Waals surface area contributed by atoms with Crippen molar-refractivity contribution < 1.29 is 9.53 Å². The Morgan fingerprint density at radius 1 is 0.773 bits per heavy atom. The van der Waals surface area contributed by atoms with Gasteiger partial charge in [0.1, 0.15) is 0 Å². The molecular formula is C20H40O2. The van der Waals surface area contributed by atoms with Gasteiger partial charge in [-0.15, -0.1) is 0 Å². The molecule has 0 aliphatic carbocycles. The van der Waals surface area contributed by atoms with Gasteiger partial charge in [-0.2, -0.15) is 0 Å². The fourth-order valence-corrected chi connectivity index (χ4v) is 2.74. The molecule has 0 rings (SSSR count). The minimum atomic E-state index is 0.0544. The molecule has 2 heteroatoms. The van der Waals surface area contributed by atoms with E-state index in [9.17, 15) is 4.79 Å². The number of unbranched alkanes of at least 4 members (excludes halogenated alkanes) is 8. The lowest BCUT2D eigenvalue weighted by Gasteiger charge is -2.17. The summed E-state index contributed by atoms with van der Waals surface area (Å²) in [7, 11) is 0. The topological polar surface area (TPSA) is 26.3 Å². The van der Waals surface area contributed by atoms with Crippen molar-refractivity contribution >= 4 is 5.97 Å². The Labute approximate surface area is 139 Å². The minimum Gasteiger partial charge on any atom is -0.465 e. The fraction of sp³-hybridized carbons (Fsp3) is 0.950. The maximum Gasteiger partial charge on any atom is 0.308 e. The summed E-state index contributed by atoms with van der Waals surface area (Å²) in [5.41, 5.74) is 0. The molecule has 0 heterocycles. The van der Waals surface area contributed by atoms with Gasteiger partial charge in [0.25, 0.3) is 0 Å². The van der Waals surface area contributed by atoms with E-state index in [1.165, 1.54) is 64.2 Å². The maximum absolute atomic E-state index is 12.3. The van der Waals surface area contributed by atoms with Crippen LogP contribution < -0.4 is 0 Å². The fourth-order valence-electron chi connectivity index (χ4n) is 2.74. The molecule has 0 spiro atoms. The van der Waals surface area contributed by atoms with E-state index in [-0.39, 0.29) is 11.9 Å². The SMILES string of the molecule is CCCCCCCCC(CCCCCC)C(=O)OCC(C)C. The summed E-state index contributed by atoms with van der Waals surface area (Å²) < 4.78 is 5.48. The predicted molar refractivity (Wildman–Crippen MR) is 96.0 cm³/mol. The molecule has 0 aliphatic rings. The number of hydrogen-bond donors (Lipinski definition) is 0. The highest BCUT2D eigenvalue weighted by Crippen LogP contribution is 2.20. The molecule has 2 nitrogen and oxygen atoms in total. The molecule has 0 saturated carbocycles. The molecule has 0 aromatic carbocycles. The summed E-state index contributed by atoms with van der Waals surface area (Å²) >= 11 is 0. The van der Waals surface area contributed by atoms with Crippen molar-refractivity contribution in [3.05, 3.63) is 0 Å². The third kappa shape index (κ3) is 13.2. The Morgan fingerprint density at radius 3 is 1.73 bits per heavy atom. The van der Waals surface area contributed by atoms with Crippen LogP contribution >= 0.6 is 0 Å². The first-order valence-corrected chi connectivity index (χ1v) is 9.78. The summed E-state index contributed by atoms with van der Waals surface area (Å²) in [5, 5.41) is 0. The molecule has 0 amide bonds. The highest BCUT2D eigenvalue weighted by atomic mass is 16.5. The second-order valence-corrected chi connectivity index (χ2v) is 7.13. The molecule has 0 aliphatic heterocycles. The van der Waals surface area contributed by atoms with Crippen LogP contribution in [0.5, 0.6) is 0 Å². The number of rotatable bonds is 15. The number of carbonyl (C=O) groups excluding carboxylic acids is 1. The van der Waals surface area contributed by atoms with E-state index in [0.717, 1.165) is 12.8 Å². The normalized spacial score (nSPS) is 12.6. The van der Waals surface area contributed by atoms with E-state index in [4.69, 9.17) is 4.74 Å². The van der Waals surface area contributed by atoms with Gasteiger partial charge >= 0.3 is 5.97 Å². The van der Waals surface area contributed by atoms with E-state index in [1.54, 1.807) is 0 Å². The van der Waals surface area contributed by atoms with Crippen LogP contribution in [0.4, 0.5) is 0 Å². The van der Waals surface area contributed by atoms with Gasteiger partial charge in [-0.1, -0.05) is 91.9 Å². The lowest BCUT2D eigenvalue weighted by atomic mass is 9.94. The van der Waals surface area contributed by atoms with Crippen molar-refractivity contribution in [3.8, 4) is 0 Å².